The van der Waals surface area contributed by atoms with Gasteiger partial charge in [-0.05, 0) is 37.5 Å². The van der Waals surface area contributed by atoms with E-state index in [2.05, 4.69) is 5.32 Å². The molecule has 0 aliphatic rings. The molecule has 0 saturated carbocycles. The first kappa shape index (κ1) is 22.9. The topological polar surface area (TPSA) is 49.4 Å². The van der Waals surface area contributed by atoms with Crippen LogP contribution in [-0.4, -0.2) is 34.6 Å². The monoisotopic (exact) mass is 416 g/mol. The first-order chi connectivity index (χ1) is 13.9. The predicted molar refractivity (Wildman–Crippen MR) is 117 cm³/mol. The molecule has 0 aliphatic carbocycles. The number of rotatable bonds is 10. The van der Waals surface area contributed by atoms with Crippen LogP contribution in [0.25, 0.3) is 0 Å². The molecule has 1 N–H and O–H groups in total. The molecule has 0 unspecified atom stereocenters. The van der Waals surface area contributed by atoms with Gasteiger partial charge in [-0.15, -0.1) is 11.8 Å². The van der Waals surface area contributed by atoms with Gasteiger partial charge in [-0.2, -0.15) is 0 Å². The Balaban J connectivity index is 2.05. The van der Waals surface area contributed by atoms with Crippen LogP contribution in [0.4, 0.5) is 4.39 Å². The van der Waals surface area contributed by atoms with Crippen molar-refractivity contribution in [3.05, 3.63) is 71.5 Å². The molecule has 156 valence electrons. The highest BCUT2D eigenvalue weighted by Gasteiger charge is 2.26. The number of nitrogens with one attached hydrogen (secondary N) is 1. The summed E-state index contributed by atoms with van der Waals surface area (Å²) in [6, 6.07) is 15.6. The fourth-order valence-corrected chi connectivity index (χ4v) is 3.67. The van der Waals surface area contributed by atoms with Crippen LogP contribution in [0.3, 0.4) is 0 Å². The lowest BCUT2D eigenvalue weighted by atomic mass is 10.1. The zero-order valence-electron chi connectivity index (χ0n) is 17.2. The molecule has 0 saturated heterocycles. The highest BCUT2D eigenvalue weighted by molar-refractivity contribution is 7.99. The van der Waals surface area contributed by atoms with Crippen LogP contribution in [0.15, 0.2) is 54.6 Å². The van der Waals surface area contributed by atoms with Gasteiger partial charge in [-0.25, -0.2) is 4.39 Å². The van der Waals surface area contributed by atoms with Gasteiger partial charge in [-0.3, -0.25) is 9.59 Å². The molecule has 0 spiro atoms. The molecule has 0 bridgehead atoms. The van der Waals surface area contributed by atoms with Crippen molar-refractivity contribution in [3.8, 4) is 0 Å². The zero-order chi connectivity index (χ0) is 21.2. The van der Waals surface area contributed by atoms with Crippen LogP contribution < -0.4 is 5.32 Å². The first-order valence-corrected chi connectivity index (χ1v) is 11.0. The van der Waals surface area contributed by atoms with Crippen LogP contribution in [0, 0.1) is 5.82 Å². The van der Waals surface area contributed by atoms with Crippen molar-refractivity contribution in [1.29, 1.82) is 0 Å². The molecular formula is C23H29FN2O2S. The van der Waals surface area contributed by atoms with Crippen LogP contribution >= 0.6 is 11.8 Å². The van der Waals surface area contributed by atoms with Crippen LogP contribution in [0.1, 0.15) is 38.3 Å². The summed E-state index contributed by atoms with van der Waals surface area (Å²) in [4.78, 5) is 27.2. The lowest BCUT2D eigenvalue weighted by Gasteiger charge is -2.29. The predicted octanol–water partition coefficient (Wildman–Crippen LogP) is 4.39. The second-order valence-corrected chi connectivity index (χ2v) is 8.07. The van der Waals surface area contributed by atoms with Gasteiger partial charge in [0.15, 0.2) is 0 Å². The number of hydrogen-bond donors (Lipinski definition) is 1. The van der Waals surface area contributed by atoms with Crippen LogP contribution in [0.5, 0.6) is 0 Å². The molecule has 0 radical (unpaired) electrons. The van der Waals surface area contributed by atoms with E-state index in [0.29, 0.717) is 17.9 Å². The van der Waals surface area contributed by atoms with Crippen molar-refractivity contribution >= 4 is 23.6 Å². The van der Waals surface area contributed by atoms with Crippen LogP contribution in [-0.2, 0) is 21.9 Å². The van der Waals surface area contributed by atoms with Gasteiger partial charge < -0.3 is 10.2 Å². The Labute approximate surface area is 176 Å². The minimum Gasteiger partial charge on any atom is -0.352 e. The summed E-state index contributed by atoms with van der Waals surface area (Å²) in [5.74, 6) is 0.0206. The van der Waals surface area contributed by atoms with Crippen molar-refractivity contribution in [2.45, 2.75) is 51.6 Å². The van der Waals surface area contributed by atoms with E-state index < -0.39 is 6.04 Å². The SMILES string of the molecule is CC[C@@H](C)NC(=O)[C@H](C)N(Cc1ccccc1)C(=O)CSCc1ccccc1F. The van der Waals surface area contributed by atoms with Gasteiger partial charge in [0.1, 0.15) is 11.9 Å². The second kappa shape index (κ2) is 11.6. The van der Waals surface area contributed by atoms with Crippen molar-refractivity contribution in [2.75, 3.05) is 5.75 Å². The average molecular weight is 417 g/mol. The number of amides is 2. The lowest BCUT2D eigenvalue weighted by molar-refractivity contribution is -0.138. The van der Waals surface area contributed by atoms with Crippen molar-refractivity contribution < 1.29 is 14.0 Å². The van der Waals surface area contributed by atoms with Gasteiger partial charge >= 0.3 is 0 Å². The van der Waals surface area contributed by atoms with Gasteiger partial charge in [0, 0.05) is 18.3 Å². The molecule has 0 heterocycles. The maximum absolute atomic E-state index is 13.8. The van der Waals surface area contributed by atoms with Gasteiger partial charge in [0.05, 0.1) is 5.75 Å². The van der Waals surface area contributed by atoms with Crippen molar-refractivity contribution in [2.24, 2.45) is 0 Å². The molecule has 2 atom stereocenters. The van der Waals surface area contributed by atoms with E-state index in [0.717, 1.165) is 12.0 Å². The molecule has 0 fully saturated rings. The fourth-order valence-electron chi connectivity index (χ4n) is 2.77. The summed E-state index contributed by atoms with van der Waals surface area (Å²) in [5, 5.41) is 2.95. The van der Waals surface area contributed by atoms with Gasteiger partial charge in [-0.1, -0.05) is 55.5 Å². The molecule has 0 aliphatic heterocycles. The molecule has 2 aromatic carbocycles. The number of carbonyl (C=O) groups is 2. The fraction of sp³-hybridized carbons (Fsp3) is 0.391. The largest absolute Gasteiger partial charge is 0.352 e. The summed E-state index contributed by atoms with van der Waals surface area (Å²) >= 11 is 1.35. The number of thioether (sulfide) groups is 1. The smallest absolute Gasteiger partial charge is 0.242 e. The summed E-state index contributed by atoms with van der Waals surface area (Å²) in [7, 11) is 0. The van der Waals surface area contributed by atoms with E-state index in [1.54, 1.807) is 30.0 Å². The summed E-state index contributed by atoms with van der Waals surface area (Å²) < 4.78 is 13.8. The first-order valence-electron chi connectivity index (χ1n) is 9.87. The minimum atomic E-state index is -0.592. The highest BCUT2D eigenvalue weighted by atomic mass is 32.2. The van der Waals surface area contributed by atoms with Gasteiger partial charge in [0.25, 0.3) is 0 Å². The number of carbonyl (C=O) groups excluding carboxylic acids is 2. The van der Waals surface area contributed by atoms with E-state index in [-0.39, 0.29) is 29.4 Å². The molecule has 2 aromatic rings. The third-order valence-corrected chi connectivity index (χ3v) is 5.77. The van der Waals surface area contributed by atoms with Gasteiger partial charge in [0.2, 0.25) is 11.8 Å². The van der Waals surface area contributed by atoms with E-state index in [1.807, 2.05) is 44.2 Å². The van der Waals surface area contributed by atoms with Crippen LogP contribution in [0.2, 0.25) is 0 Å². The molecular weight excluding hydrogens is 387 g/mol. The van der Waals surface area contributed by atoms with E-state index in [9.17, 15) is 14.0 Å². The number of nitrogens with zero attached hydrogens (tertiary/aromatic N) is 1. The Kier molecular flexibility index (Phi) is 9.19. The summed E-state index contributed by atoms with van der Waals surface area (Å²) in [6.07, 6.45) is 0.823. The Morgan fingerprint density at radius 1 is 1.07 bits per heavy atom. The molecule has 4 nitrogen and oxygen atoms in total. The normalized spacial score (nSPS) is 12.8. The zero-order valence-corrected chi connectivity index (χ0v) is 18.0. The van der Waals surface area contributed by atoms with Crippen molar-refractivity contribution in [3.63, 3.8) is 0 Å². The maximum Gasteiger partial charge on any atom is 0.242 e. The lowest BCUT2D eigenvalue weighted by Crippen LogP contribution is -2.50. The summed E-state index contributed by atoms with van der Waals surface area (Å²) in [5.41, 5.74) is 1.53. The molecule has 2 amide bonds. The Bertz CT molecular complexity index is 800. The third kappa shape index (κ3) is 7.20. The number of hydrogen-bond acceptors (Lipinski definition) is 3. The Hall–Kier alpha value is -2.34. The van der Waals surface area contributed by atoms with E-state index >= 15 is 0 Å². The quantitative estimate of drug-likeness (QED) is 0.625. The number of halogens is 1. The molecule has 6 heteroatoms. The third-order valence-electron chi connectivity index (χ3n) is 4.81. The van der Waals surface area contributed by atoms with E-state index in [1.165, 1.54) is 17.8 Å². The second-order valence-electron chi connectivity index (χ2n) is 7.09. The maximum atomic E-state index is 13.8. The highest BCUT2D eigenvalue weighted by Crippen LogP contribution is 2.18. The van der Waals surface area contributed by atoms with E-state index in [4.69, 9.17) is 0 Å². The Morgan fingerprint density at radius 2 is 1.72 bits per heavy atom. The summed E-state index contributed by atoms with van der Waals surface area (Å²) in [6.45, 7) is 6.05. The van der Waals surface area contributed by atoms with Crippen molar-refractivity contribution in [1.82, 2.24) is 10.2 Å². The molecule has 2 rings (SSSR count). The standard InChI is InChI=1S/C23H29FN2O2S/c1-4-17(2)25-23(28)18(3)26(14-19-10-6-5-7-11-19)22(27)16-29-15-20-12-8-9-13-21(20)24/h5-13,17-18H,4,14-16H2,1-3H3,(H,25,28)/t17-,18+/m1/s1. The Morgan fingerprint density at radius 3 is 2.38 bits per heavy atom. The minimum absolute atomic E-state index is 0.0501. The molecule has 0 aromatic heterocycles. The number of benzene rings is 2. The molecule has 29 heavy (non-hydrogen) atoms. The average Bonchev–Trinajstić information content (AvgIpc) is 2.73.